The highest BCUT2D eigenvalue weighted by Gasteiger charge is 2.31. The van der Waals surface area contributed by atoms with E-state index >= 15 is 0 Å². The van der Waals surface area contributed by atoms with E-state index in [0.29, 0.717) is 11.0 Å². The first-order valence-electron chi connectivity index (χ1n) is 9.38. The summed E-state index contributed by atoms with van der Waals surface area (Å²) in [5, 5.41) is 0.551. The molecule has 6 nitrogen and oxygen atoms in total. The number of para-hydroxylation sites is 1. The van der Waals surface area contributed by atoms with Crippen molar-refractivity contribution in [3.63, 3.8) is 0 Å². The van der Waals surface area contributed by atoms with Crippen LogP contribution in [0.4, 0.5) is 5.69 Å². The summed E-state index contributed by atoms with van der Waals surface area (Å²) >= 11 is 3.12. The Hall–Kier alpha value is -1.16. The molecule has 3 heterocycles. The molecule has 1 aromatic carbocycles. The summed E-state index contributed by atoms with van der Waals surface area (Å²) in [4.78, 5) is 27.5. The zero-order valence-electron chi connectivity index (χ0n) is 17.2. The SMILES string of the molecule is COCC[C@H]1CN(C2=Nc3ccccc3Sc3sc(C(C)=O)nc32)CCN1C.Cl.Cl. The van der Waals surface area contributed by atoms with Crippen molar-refractivity contribution in [2.24, 2.45) is 4.99 Å². The molecule has 30 heavy (non-hydrogen) atoms. The van der Waals surface area contributed by atoms with E-state index in [1.54, 1.807) is 25.8 Å². The van der Waals surface area contributed by atoms with Gasteiger partial charge in [0.25, 0.3) is 0 Å². The van der Waals surface area contributed by atoms with Crippen LogP contribution >= 0.6 is 47.9 Å². The van der Waals surface area contributed by atoms with Crippen LogP contribution in [0.15, 0.2) is 38.4 Å². The number of amidine groups is 1. The molecule has 0 spiro atoms. The zero-order valence-corrected chi connectivity index (χ0v) is 20.4. The highest BCUT2D eigenvalue weighted by atomic mass is 35.5. The van der Waals surface area contributed by atoms with Crippen LogP contribution in [0.5, 0.6) is 0 Å². The first-order chi connectivity index (χ1) is 13.6. The minimum atomic E-state index is 0. The Kier molecular flexibility index (Phi) is 9.14. The molecule has 164 valence electrons. The highest BCUT2D eigenvalue weighted by molar-refractivity contribution is 8.01. The number of carbonyl (C=O) groups is 1. The van der Waals surface area contributed by atoms with E-state index in [2.05, 4.69) is 22.9 Å². The summed E-state index contributed by atoms with van der Waals surface area (Å²) in [7, 11) is 3.91. The van der Waals surface area contributed by atoms with E-state index in [0.717, 1.165) is 59.0 Å². The van der Waals surface area contributed by atoms with Crippen molar-refractivity contribution in [2.45, 2.75) is 28.5 Å². The molecule has 0 amide bonds. The second-order valence-corrected chi connectivity index (χ2v) is 9.39. The minimum Gasteiger partial charge on any atom is -0.385 e. The molecule has 1 atom stereocenters. The third-order valence-corrected chi connectivity index (χ3v) is 7.53. The van der Waals surface area contributed by atoms with Gasteiger partial charge in [-0.2, -0.15) is 0 Å². The van der Waals surface area contributed by atoms with E-state index in [-0.39, 0.29) is 30.6 Å². The molecular formula is C20H26Cl2N4O2S2. The van der Waals surface area contributed by atoms with Gasteiger partial charge in [0, 0.05) is 51.2 Å². The largest absolute Gasteiger partial charge is 0.385 e. The monoisotopic (exact) mass is 488 g/mol. The topological polar surface area (TPSA) is 58.0 Å². The van der Waals surface area contributed by atoms with Gasteiger partial charge in [-0.25, -0.2) is 9.98 Å². The van der Waals surface area contributed by atoms with Gasteiger partial charge in [-0.3, -0.25) is 9.69 Å². The predicted octanol–water partition coefficient (Wildman–Crippen LogP) is 4.38. The number of Topliss-reactive ketones (excluding diaryl/α,β-unsaturated/α-hetero) is 1. The molecule has 2 aromatic rings. The Morgan fingerprint density at radius 3 is 2.77 bits per heavy atom. The molecule has 0 saturated carbocycles. The molecule has 0 unspecified atom stereocenters. The number of halogens is 2. The third-order valence-electron chi connectivity index (χ3n) is 5.14. The Labute approximate surface area is 197 Å². The van der Waals surface area contributed by atoms with Gasteiger partial charge in [0.2, 0.25) is 0 Å². The van der Waals surface area contributed by atoms with Crippen molar-refractivity contribution in [3.8, 4) is 0 Å². The number of carbonyl (C=O) groups excluding carboxylic acids is 1. The number of fused-ring (bicyclic) bond motifs is 2. The number of aliphatic imine (C=N–C) groups is 1. The van der Waals surface area contributed by atoms with Crippen LogP contribution < -0.4 is 0 Å². The molecule has 0 N–H and O–H groups in total. The second-order valence-electron chi connectivity index (χ2n) is 7.08. The van der Waals surface area contributed by atoms with E-state index < -0.39 is 0 Å². The molecule has 0 aliphatic carbocycles. The lowest BCUT2D eigenvalue weighted by Crippen LogP contribution is -2.53. The van der Waals surface area contributed by atoms with E-state index in [9.17, 15) is 4.79 Å². The molecule has 10 heteroatoms. The Balaban J connectivity index is 0.00000160. The maximum Gasteiger partial charge on any atom is 0.188 e. The predicted molar refractivity (Wildman–Crippen MR) is 128 cm³/mol. The van der Waals surface area contributed by atoms with Crippen LogP contribution in [-0.4, -0.2) is 72.8 Å². The van der Waals surface area contributed by atoms with Crippen LogP contribution in [0.25, 0.3) is 0 Å². The third kappa shape index (κ3) is 5.18. The van der Waals surface area contributed by atoms with Gasteiger partial charge >= 0.3 is 0 Å². The van der Waals surface area contributed by atoms with Gasteiger partial charge < -0.3 is 9.64 Å². The number of methoxy groups -OCH3 is 1. The van der Waals surface area contributed by atoms with E-state index in [1.165, 1.54) is 11.3 Å². The normalized spacial score (nSPS) is 18.3. The highest BCUT2D eigenvalue weighted by Crippen LogP contribution is 2.43. The fourth-order valence-electron chi connectivity index (χ4n) is 3.49. The van der Waals surface area contributed by atoms with Crippen molar-refractivity contribution in [3.05, 3.63) is 35.0 Å². The number of rotatable bonds is 4. The lowest BCUT2D eigenvalue weighted by Gasteiger charge is -2.40. The second kappa shape index (κ2) is 10.9. The molecule has 2 aliphatic heterocycles. The quantitative estimate of drug-likeness (QED) is 0.594. The number of benzene rings is 1. The molecular weight excluding hydrogens is 463 g/mol. The number of likely N-dealkylation sites (N-methyl/N-ethyl adjacent to an activating group) is 1. The standard InChI is InChI=1S/C20H24N4O2S2.2ClH/c1-13(25)19-22-17-18(24-10-9-23(2)14(12-24)8-11-26-3)21-15-6-4-5-7-16(15)27-20(17)28-19;;/h4-7,14H,8-12H2,1-3H3;2*1H/t14-;;/m0../s1. The summed E-state index contributed by atoms with van der Waals surface area (Å²) in [6.07, 6.45) is 0.977. The fourth-order valence-corrected chi connectivity index (χ4v) is 5.66. The van der Waals surface area contributed by atoms with E-state index in [1.807, 2.05) is 18.2 Å². The molecule has 0 bridgehead atoms. The Morgan fingerprint density at radius 1 is 1.27 bits per heavy atom. The van der Waals surface area contributed by atoms with Crippen LogP contribution in [-0.2, 0) is 4.74 Å². The lowest BCUT2D eigenvalue weighted by atomic mass is 10.1. The van der Waals surface area contributed by atoms with Crippen molar-refractivity contribution in [1.29, 1.82) is 0 Å². The van der Waals surface area contributed by atoms with Gasteiger partial charge in [-0.1, -0.05) is 23.9 Å². The molecule has 1 aromatic heterocycles. The van der Waals surface area contributed by atoms with Crippen LogP contribution in [0.2, 0.25) is 0 Å². The average Bonchev–Trinajstić information content (AvgIpc) is 3.04. The van der Waals surface area contributed by atoms with Gasteiger partial charge in [0.15, 0.2) is 16.6 Å². The van der Waals surface area contributed by atoms with Crippen LogP contribution in [0, 0.1) is 0 Å². The number of hydrogen-bond donors (Lipinski definition) is 0. The van der Waals surface area contributed by atoms with Crippen molar-refractivity contribution < 1.29 is 9.53 Å². The number of ether oxygens (including phenoxy) is 1. The molecule has 2 aliphatic rings. The molecule has 1 saturated heterocycles. The summed E-state index contributed by atoms with van der Waals surface area (Å²) < 4.78 is 6.34. The average molecular weight is 489 g/mol. The fraction of sp³-hybridized carbons (Fsp3) is 0.450. The van der Waals surface area contributed by atoms with Gasteiger partial charge in [0.1, 0.15) is 5.69 Å². The van der Waals surface area contributed by atoms with Crippen molar-refractivity contribution in [1.82, 2.24) is 14.8 Å². The maximum absolute atomic E-state index is 12.0. The zero-order chi connectivity index (χ0) is 19.7. The minimum absolute atomic E-state index is 0. The molecule has 0 radical (unpaired) electrons. The number of hydrogen-bond acceptors (Lipinski definition) is 8. The molecule has 4 rings (SSSR count). The van der Waals surface area contributed by atoms with Gasteiger partial charge in [-0.05, 0) is 25.6 Å². The van der Waals surface area contributed by atoms with E-state index in [4.69, 9.17) is 14.7 Å². The number of aromatic nitrogens is 1. The van der Waals surface area contributed by atoms with Crippen molar-refractivity contribution >= 4 is 65.2 Å². The van der Waals surface area contributed by atoms with Gasteiger partial charge in [0.05, 0.1) is 9.90 Å². The number of nitrogens with zero attached hydrogens (tertiary/aromatic N) is 4. The molecule has 1 fully saturated rings. The van der Waals surface area contributed by atoms with Crippen LogP contribution in [0.1, 0.15) is 28.8 Å². The summed E-state index contributed by atoms with van der Waals surface area (Å²) in [6, 6.07) is 8.56. The van der Waals surface area contributed by atoms with Crippen molar-refractivity contribution in [2.75, 3.05) is 40.4 Å². The Bertz CT molecular complexity index is 922. The first kappa shape index (κ1) is 25.1. The number of thiazole rings is 1. The number of ketones is 1. The lowest BCUT2D eigenvalue weighted by molar-refractivity contribution is 0.0999. The summed E-state index contributed by atoms with van der Waals surface area (Å²) in [6.45, 7) is 5.03. The number of piperazine rings is 1. The summed E-state index contributed by atoms with van der Waals surface area (Å²) in [5.74, 6) is 0.884. The summed E-state index contributed by atoms with van der Waals surface area (Å²) in [5.41, 5.74) is 1.80. The Morgan fingerprint density at radius 2 is 2.03 bits per heavy atom. The maximum atomic E-state index is 12.0. The first-order valence-corrected chi connectivity index (χ1v) is 11.0. The van der Waals surface area contributed by atoms with Crippen LogP contribution in [0.3, 0.4) is 0 Å². The van der Waals surface area contributed by atoms with Gasteiger partial charge in [-0.15, -0.1) is 36.2 Å². The smallest absolute Gasteiger partial charge is 0.188 e.